The lowest BCUT2D eigenvalue weighted by molar-refractivity contribution is -0.148. The molecule has 18 heavy (non-hydrogen) atoms. The van der Waals surface area contributed by atoms with Crippen LogP contribution in [0.5, 0.6) is 0 Å². The highest BCUT2D eigenvalue weighted by Gasteiger charge is 2.28. The third-order valence-electron chi connectivity index (χ3n) is 3.26. The Labute approximate surface area is 107 Å². The molecule has 1 aliphatic heterocycles. The number of methoxy groups -OCH3 is 1. The van der Waals surface area contributed by atoms with Crippen molar-refractivity contribution in [3.8, 4) is 0 Å². The van der Waals surface area contributed by atoms with Gasteiger partial charge in [-0.1, -0.05) is 0 Å². The van der Waals surface area contributed by atoms with Gasteiger partial charge in [0.05, 0.1) is 7.11 Å². The quantitative estimate of drug-likeness (QED) is 0.660. The average molecular weight is 256 g/mol. The molecule has 0 N–H and O–H groups in total. The zero-order valence-corrected chi connectivity index (χ0v) is 11.1. The zero-order chi connectivity index (χ0) is 13.7. The van der Waals surface area contributed by atoms with Crippen LogP contribution in [-0.2, 0) is 19.1 Å². The summed E-state index contributed by atoms with van der Waals surface area (Å²) in [6.07, 6.45) is 1.31. The molecule has 0 aromatic heterocycles. The minimum Gasteiger partial charge on any atom is -0.468 e. The van der Waals surface area contributed by atoms with Crippen molar-refractivity contribution in [3.05, 3.63) is 0 Å². The number of hydrogen-bond acceptors (Lipinski definition) is 4. The third-order valence-corrected chi connectivity index (χ3v) is 3.26. The molecule has 102 valence electrons. The molecule has 6 heteroatoms. The van der Waals surface area contributed by atoms with Gasteiger partial charge in [-0.2, -0.15) is 0 Å². The molecular weight excluding hydrogens is 236 g/mol. The fourth-order valence-corrected chi connectivity index (χ4v) is 2.09. The Morgan fingerprint density at radius 1 is 1.28 bits per heavy atom. The van der Waals surface area contributed by atoms with Gasteiger partial charge in [0.25, 0.3) is 0 Å². The molecule has 1 fully saturated rings. The Hall–Kier alpha value is -1.59. The number of hydrogen-bond donors (Lipinski definition) is 0. The SMILES string of the molecule is COC(=O)CN(C)C(=O)C1CCN(C(C)=O)CC1. The van der Waals surface area contributed by atoms with E-state index in [1.807, 2.05) is 0 Å². The average Bonchev–Trinajstić information content (AvgIpc) is 2.37. The highest BCUT2D eigenvalue weighted by Crippen LogP contribution is 2.19. The van der Waals surface area contributed by atoms with Gasteiger partial charge in [-0.25, -0.2) is 0 Å². The Morgan fingerprint density at radius 2 is 1.83 bits per heavy atom. The van der Waals surface area contributed by atoms with Crippen LogP contribution in [-0.4, -0.2) is 61.4 Å². The number of likely N-dealkylation sites (N-methyl/N-ethyl adjacent to an activating group) is 1. The van der Waals surface area contributed by atoms with Crippen LogP contribution in [0, 0.1) is 5.92 Å². The molecule has 0 aliphatic carbocycles. The van der Waals surface area contributed by atoms with Crippen LogP contribution in [0.4, 0.5) is 0 Å². The Balaban J connectivity index is 2.44. The van der Waals surface area contributed by atoms with Crippen LogP contribution in [0.15, 0.2) is 0 Å². The lowest BCUT2D eigenvalue weighted by Gasteiger charge is -2.32. The highest BCUT2D eigenvalue weighted by atomic mass is 16.5. The monoisotopic (exact) mass is 256 g/mol. The topological polar surface area (TPSA) is 66.9 Å². The van der Waals surface area contributed by atoms with Crippen LogP contribution < -0.4 is 0 Å². The Bertz CT molecular complexity index is 335. The van der Waals surface area contributed by atoms with E-state index in [2.05, 4.69) is 4.74 Å². The van der Waals surface area contributed by atoms with E-state index in [4.69, 9.17) is 0 Å². The molecule has 0 bridgehead atoms. The summed E-state index contributed by atoms with van der Waals surface area (Å²) in [5.41, 5.74) is 0. The van der Waals surface area contributed by atoms with Crippen molar-refractivity contribution in [1.82, 2.24) is 9.80 Å². The number of likely N-dealkylation sites (tertiary alicyclic amines) is 1. The molecule has 0 aromatic rings. The van der Waals surface area contributed by atoms with Gasteiger partial charge < -0.3 is 14.5 Å². The summed E-state index contributed by atoms with van der Waals surface area (Å²) in [6.45, 7) is 2.73. The normalized spacial score (nSPS) is 16.3. The van der Waals surface area contributed by atoms with E-state index >= 15 is 0 Å². The second-order valence-corrected chi connectivity index (χ2v) is 4.55. The molecule has 1 rings (SSSR count). The molecule has 0 atom stereocenters. The lowest BCUT2D eigenvalue weighted by atomic mass is 9.95. The van der Waals surface area contributed by atoms with Crippen molar-refractivity contribution < 1.29 is 19.1 Å². The summed E-state index contributed by atoms with van der Waals surface area (Å²) in [7, 11) is 2.89. The van der Waals surface area contributed by atoms with Gasteiger partial charge in [0, 0.05) is 33.0 Å². The van der Waals surface area contributed by atoms with Crippen molar-refractivity contribution in [3.63, 3.8) is 0 Å². The minimum absolute atomic E-state index is 0.0255. The summed E-state index contributed by atoms with van der Waals surface area (Å²) < 4.78 is 4.52. The first-order valence-corrected chi connectivity index (χ1v) is 6.03. The standard InChI is InChI=1S/C12H20N2O4/c1-9(15)14-6-4-10(5-7-14)12(17)13(2)8-11(16)18-3/h10H,4-8H2,1-3H3. The van der Waals surface area contributed by atoms with Gasteiger partial charge in [0.2, 0.25) is 11.8 Å². The molecule has 0 spiro atoms. The maximum atomic E-state index is 12.0. The highest BCUT2D eigenvalue weighted by molar-refractivity contribution is 5.83. The van der Waals surface area contributed by atoms with Crippen molar-refractivity contribution in [2.24, 2.45) is 5.92 Å². The molecule has 1 heterocycles. The fourth-order valence-electron chi connectivity index (χ4n) is 2.09. The van der Waals surface area contributed by atoms with E-state index in [1.165, 1.54) is 18.9 Å². The van der Waals surface area contributed by atoms with Crippen LogP contribution in [0.25, 0.3) is 0 Å². The zero-order valence-electron chi connectivity index (χ0n) is 11.1. The summed E-state index contributed by atoms with van der Waals surface area (Å²) >= 11 is 0. The molecule has 1 aliphatic rings. The largest absolute Gasteiger partial charge is 0.468 e. The Morgan fingerprint density at radius 3 is 2.28 bits per heavy atom. The minimum atomic E-state index is -0.424. The maximum absolute atomic E-state index is 12.0. The van der Waals surface area contributed by atoms with Crippen LogP contribution >= 0.6 is 0 Å². The second kappa shape index (κ2) is 6.37. The molecule has 6 nitrogen and oxygen atoms in total. The van der Waals surface area contributed by atoms with E-state index in [1.54, 1.807) is 11.9 Å². The van der Waals surface area contributed by atoms with E-state index in [-0.39, 0.29) is 24.3 Å². The molecule has 0 unspecified atom stereocenters. The number of amides is 2. The van der Waals surface area contributed by atoms with E-state index in [0.717, 1.165) is 0 Å². The second-order valence-electron chi connectivity index (χ2n) is 4.55. The van der Waals surface area contributed by atoms with Crippen LogP contribution in [0.2, 0.25) is 0 Å². The van der Waals surface area contributed by atoms with Gasteiger partial charge >= 0.3 is 5.97 Å². The number of nitrogens with zero attached hydrogens (tertiary/aromatic N) is 2. The molecule has 0 aromatic carbocycles. The summed E-state index contributed by atoms with van der Waals surface area (Å²) in [4.78, 5) is 37.4. The third kappa shape index (κ3) is 3.72. The van der Waals surface area contributed by atoms with Gasteiger partial charge in [-0.05, 0) is 12.8 Å². The van der Waals surface area contributed by atoms with Gasteiger partial charge in [-0.15, -0.1) is 0 Å². The van der Waals surface area contributed by atoms with Gasteiger partial charge in [0.1, 0.15) is 6.54 Å². The molecular formula is C12H20N2O4. The van der Waals surface area contributed by atoms with E-state index < -0.39 is 5.97 Å². The van der Waals surface area contributed by atoms with E-state index in [0.29, 0.717) is 25.9 Å². The number of carbonyl (C=O) groups is 3. The fraction of sp³-hybridized carbons (Fsp3) is 0.750. The van der Waals surface area contributed by atoms with Gasteiger partial charge in [-0.3, -0.25) is 14.4 Å². The van der Waals surface area contributed by atoms with Gasteiger partial charge in [0.15, 0.2) is 0 Å². The van der Waals surface area contributed by atoms with E-state index in [9.17, 15) is 14.4 Å². The molecule has 0 radical (unpaired) electrons. The molecule has 0 saturated carbocycles. The number of rotatable bonds is 3. The summed E-state index contributed by atoms with van der Waals surface area (Å²) in [5.74, 6) is -0.533. The first-order valence-electron chi connectivity index (χ1n) is 6.03. The number of piperidine rings is 1. The van der Waals surface area contributed by atoms with Crippen molar-refractivity contribution in [2.45, 2.75) is 19.8 Å². The summed E-state index contributed by atoms with van der Waals surface area (Å²) in [6, 6.07) is 0. The van der Waals surface area contributed by atoms with Crippen molar-refractivity contribution >= 4 is 17.8 Å². The van der Waals surface area contributed by atoms with Crippen molar-refractivity contribution in [2.75, 3.05) is 33.8 Å². The maximum Gasteiger partial charge on any atom is 0.325 e. The summed E-state index contributed by atoms with van der Waals surface area (Å²) in [5, 5.41) is 0. The lowest BCUT2D eigenvalue weighted by Crippen LogP contribution is -2.44. The van der Waals surface area contributed by atoms with Crippen LogP contribution in [0.3, 0.4) is 0 Å². The first kappa shape index (κ1) is 14.5. The first-order chi connectivity index (χ1) is 8.45. The predicted octanol–water partition coefficient (Wildman–Crippen LogP) is -0.124. The number of esters is 1. The molecule has 2 amide bonds. The predicted molar refractivity (Wildman–Crippen MR) is 64.6 cm³/mol. The Kier molecular flexibility index (Phi) is 5.12. The number of carbonyl (C=O) groups excluding carboxylic acids is 3. The van der Waals surface area contributed by atoms with Crippen molar-refractivity contribution in [1.29, 1.82) is 0 Å². The number of ether oxygens (including phenoxy) is 1. The smallest absolute Gasteiger partial charge is 0.325 e. The molecule has 1 saturated heterocycles. The van der Waals surface area contributed by atoms with Crippen LogP contribution in [0.1, 0.15) is 19.8 Å².